The minimum Gasteiger partial charge on any atom is -0.184 e. The molecule has 0 bridgehead atoms. The molecule has 0 nitrogen and oxygen atoms in total. The molecule has 220 valence electrons. The normalized spacial score (nSPS) is 8.95. The van der Waals surface area contributed by atoms with Crippen molar-refractivity contribution in [2.24, 2.45) is 0 Å². The van der Waals surface area contributed by atoms with Crippen LogP contribution in [-0.4, -0.2) is 7.63 Å². The molecule has 42 heavy (non-hydrogen) atoms. The third-order valence-electron chi connectivity index (χ3n) is 5.84. The quantitative estimate of drug-likeness (QED) is 0.140. The van der Waals surface area contributed by atoms with Gasteiger partial charge in [-0.1, -0.05) is 81.6 Å². The van der Waals surface area contributed by atoms with Gasteiger partial charge in [0.2, 0.25) is 0 Å². The van der Waals surface area contributed by atoms with Crippen LogP contribution < -0.4 is 0 Å². The summed E-state index contributed by atoms with van der Waals surface area (Å²) in [5, 5.41) is 5.35. The molecular formula is C40H46SiTi-6. The smallest absolute Gasteiger partial charge is 0.0279 e. The van der Waals surface area contributed by atoms with E-state index in [0.29, 0.717) is 0 Å². The van der Waals surface area contributed by atoms with Gasteiger partial charge in [0.1, 0.15) is 0 Å². The standard InChI is InChI=1S/C15H11.C10H9.C6H5.2C4H9.CH3.Si.Ti/c1-2-6-12(7-3-1)14-10-4-8-13-9-5-11-15(13)14;1-8-6-9-4-2-3-5-10(9)7-8;1-2-4-6-5-3-1;2*1-3-4-2;;;/h1-11H;2-7H,1H3;1-5H;2*1,3-4H2,2H3;1H3;;/q6*-1;;. The van der Waals surface area contributed by atoms with Gasteiger partial charge in [-0.2, -0.15) is 67.4 Å². The molecule has 0 aliphatic carbocycles. The largest absolute Gasteiger partial charge is 0.184 e. The summed E-state index contributed by atoms with van der Waals surface area (Å²) in [7, 11) is 2.97. The van der Waals surface area contributed by atoms with Crippen LogP contribution in [0.4, 0.5) is 0 Å². The van der Waals surface area contributed by atoms with Gasteiger partial charge in [-0.3, -0.25) is 0 Å². The van der Waals surface area contributed by atoms with Crippen LogP contribution in [0.5, 0.6) is 0 Å². The number of hydrogen-bond acceptors (Lipinski definition) is 0. The summed E-state index contributed by atoms with van der Waals surface area (Å²) >= 11 is 1.81. The van der Waals surface area contributed by atoms with Crippen molar-refractivity contribution in [2.75, 3.05) is 0 Å². The van der Waals surface area contributed by atoms with E-state index in [4.69, 9.17) is 0 Å². The molecule has 0 atom stereocenters. The first-order chi connectivity index (χ1) is 20.1. The summed E-state index contributed by atoms with van der Waals surface area (Å²) in [5.41, 5.74) is 3.95. The Labute approximate surface area is 271 Å². The van der Waals surface area contributed by atoms with E-state index in [1.807, 2.05) is 30.3 Å². The third kappa shape index (κ3) is 15.3. The van der Waals surface area contributed by atoms with Crippen molar-refractivity contribution in [3.63, 3.8) is 0 Å². The predicted molar refractivity (Wildman–Crippen MR) is 187 cm³/mol. The molecule has 0 saturated carbocycles. The monoisotopic (exact) mass is 602 g/mol. The molecule has 0 fully saturated rings. The molecule has 0 aromatic heterocycles. The molecule has 2 heteroatoms. The maximum Gasteiger partial charge on any atom is -0.0279 e. The van der Waals surface area contributed by atoms with Gasteiger partial charge in [0.15, 0.2) is 0 Å². The summed E-state index contributed by atoms with van der Waals surface area (Å²) < 4.78 is 0. The van der Waals surface area contributed by atoms with Gasteiger partial charge < -0.3 is 21.3 Å². The number of rotatable bonds is 3. The first-order valence-corrected chi connectivity index (χ1v) is 17.0. The maximum absolute atomic E-state index is 3.60. The van der Waals surface area contributed by atoms with Crippen molar-refractivity contribution in [2.45, 2.75) is 46.5 Å². The summed E-state index contributed by atoms with van der Waals surface area (Å²) in [6, 6.07) is 48.7. The molecule has 0 aliphatic heterocycles. The van der Waals surface area contributed by atoms with Gasteiger partial charge in [-0.05, 0) is 5.56 Å². The zero-order valence-electron chi connectivity index (χ0n) is 25.9. The van der Waals surface area contributed by atoms with E-state index in [-0.39, 0.29) is 7.43 Å². The number of aryl methyl sites for hydroxylation is 1. The van der Waals surface area contributed by atoms with Crippen molar-refractivity contribution in [3.8, 4) is 11.1 Å². The average molecular weight is 603 g/mol. The maximum atomic E-state index is 3.60. The minimum atomic E-state index is 0. The van der Waals surface area contributed by atoms with Crippen molar-refractivity contribution in [1.29, 1.82) is 0 Å². The fraction of sp³-hybridized carbons (Fsp3) is 0.175. The van der Waals surface area contributed by atoms with Crippen LogP contribution in [0.3, 0.4) is 0 Å². The Morgan fingerprint density at radius 3 is 1.79 bits per heavy atom. The second-order valence-electron chi connectivity index (χ2n) is 9.15. The summed E-state index contributed by atoms with van der Waals surface area (Å²) in [6.07, 6.45) is 4.56. The molecule has 0 unspecified atom stereocenters. The molecule has 0 heterocycles. The van der Waals surface area contributed by atoms with E-state index in [9.17, 15) is 0 Å². The molecule has 2 radical (unpaired) electrons. The Bertz CT molecular complexity index is 1350. The fourth-order valence-electron chi connectivity index (χ4n) is 3.68. The number of unbranched alkanes of at least 4 members (excludes halogenated alkanes) is 2. The Morgan fingerprint density at radius 1 is 0.714 bits per heavy atom. The average Bonchev–Trinajstić information content (AvgIpc) is 3.70. The second-order valence-corrected chi connectivity index (χ2v) is 9.15. The van der Waals surface area contributed by atoms with Gasteiger partial charge in [0.25, 0.3) is 0 Å². The molecule has 6 aromatic carbocycles. The Morgan fingerprint density at radius 2 is 1.26 bits per heavy atom. The molecule has 6 rings (SSSR count). The third-order valence-corrected chi connectivity index (χ3v) is 5.84. The predicted octanol–water partition coefficient (Wildman–Crippen LogP) is 11.9. The van der Waals surface area contributed by atoms with E-state index < -0.39 is 0 Å². The molecule has 0 N–H and O–H groups in total. The number of hydrogen-bond donors (Lipinski definition) is 0. The summed E-state index contributed by atoms with van der Waals surface area (Å²) in [4.78, 5) is 0. The van der Waals surface area contributed by atoms with Crippen molar-refractivity contribution >= 4 is 29.2 Å². The van der Waals surface area contributed by atoms with Crippen LogP contribution in [-0.2, 0) is 19.2 Å². The van der Waals surface area contributed by atoms with Crippen LogP contribution in [0.25, 0.3) is 32.7 Å². The summed E-state index contributed by atoms with van der Waals surface area (Å²) in [5.74, 6) is 0. The van der Waals surface area contributed by atoms with Gasteiger partial charge in [0.05, 0.1) is 0 Å². The Balaban J connectivity index is 0.000000542. The van der Waals surface area contributed by atoms with Crippen LogP contribution >= 0.6 is 0 Å². The topological polar surface area (TPSA) is 0 Å². The Kier molecular flexibility index (Phi) is 23.9. The van der Waals surface area contributed by atoms with Gasteiger partial charge in [-0.15, -0.1) is 69.6 Å². The van der Waals surface area contributed by atoms with Crippen LogP contribution in [0.2, 0.25) is 0 Å². The van der Waals surface area contributed by atoms with Crippen molar-refractivity contribution in [1.82, 2.24) is 0 Å². The number of benzene rings is 4. The summed E-state index contributed by atoms with van der Waals surface area (Å²) in [6.45, 7) is 13.6. The van der Waals surface area contributed by atoms with Gasteiger partial charge in [-0.25, -0.2) is 0 Å². The SMILES string of the molecule is Cc1cc2ccccc2[cH-]1.[CH2-]CCC.[CH2-]CCC.[CH3-].[Si]=[Ti].[c-]1ccccc1.c1ccc(-c2cccc3[cH-]ccc23)cc1. The van der Waals surface area contributed by atoms with Gasteiger partial charge >= 0.3 is 26.8 Å². The molecule has 0 spiro atoms. The molecule has 0 amide bonds. The molecular weight excluding hydrogens is 556 g/mol. The van der Waals surface area contributed by atoms with E-state index >= 15 is 0 Å². The fourth-order valence-corrected chi connectivity index (χ4v) is 3.68. The molecule has 0 saturated heterocycles. The second kappa shape index (κ2) is 25.7. The zero-order chi connectivity index (χ0) is 30.1. The first-order valence-electron chi connectivity index (χ1n) is 14.2. The van der Waals surface area contributed by atoms with E-state index in [1.165, 1.54) is 51.1 Å². The van der Waals surface area contributed by atoms with E-state index in [0.717, 1.165) is 12.8 Å². The van der Waals surface area contributed by atoms with E-state index in [2.05, 4.69) is 151 Å². The number of fused-ring (bicyclic) bond motifs is 2. The van der Waals surface area contributed by atoms with Crippen LogP contribution in [0.1, 0.15) is 45.1 Å². The van der Waals surface area contributed by atoms with E-state index in [1.54, 1.807) is 19.2 Å². The molecule has 0 aliphatic rings. The van der Waals surface area contributed by atoms with Crippen LogP contribution in [0, 0.1) is 34.3 Å². The van der Waals surface area contributed by atoms with Crippen LogP contribution in [0.15, 0.2) is 133 Å². The van der Waals surface area contributed by atoms with Crippen molar-refractivity contribution < 1.29 is 19.2 Å². The van der Waals surface area contributed by atoms with Crippen molar-refractivity contribution in [3.05, 3.63) is 166 Å². The minimum absolute atomic E-state index is 0. The Hall–Kier alpha value is -2.97. The van der Waals surface area contributed by atoms with Gasteiger partial charge in [0, 0.05) is 0 Å². The zero-order valence-corrected chi connectivity index (χ0v) is 28.5. The first kappa shape index (κ1) is 39.0. The molecule has 6 aromatic rings.